The van der Waals surface area contributed by atoms with Gasteiger partial charge in [-0.15, -0.1) is 0 Å². The molecule has 2 aromatic carbocycles. The molecule has 2 aromatic heterocycles. The lowest BCUT2D eigenvalue weighted by atomic mass is 10.0. The number of morpholine rings is 1. The van der Waals surface area contributed by atoms with Gasteiger partial charge in [-0.1, -0.05) is 30.8 Å². The molecule has 0 spiro atoms. The largest absolute Gasteiger partial charge is 0.378 e. The van der Waals surface area contributed by atoms with Gasteiger partial charge in [0.05, 0.1) is 30.5 Å². The first kappa shape index (κ1) is 25.2. The number of allylic oxidation sites excluding steroid dienone is 1. The predicted octanol–water partition coefficient (Wildman–Crippen LogP) is 5.07. The van der Waals surface area contributed by atoms with E-state index in [9.17, 15) is 4.79 Å². The number of carbonyl (C=O) groups excluding carboxylic acids is 1. The van der Waals surface area contributed by atoms with Crippen LogP contribution >= 0.6 is 0 Å². The predicted molar refractivity (Wildman–Crippen MR) is 151 cm³/mol. The molecule has 1 atom stereocenters. The second-order valence-electron chi connectivity index (χ2n) is 9.87. The molecule has 2 fully saturated rings. The zero-order valence-electron chi connectivity index (χ0n) is 21.9. The van der Waals surface area contributed by atoms with Crippen molar-refractivity contribution >= 4 is 34.1 Å². The van der Waals surface area contributed by atoms with Crippen LogP contribution in [0.5, 0.6) is 0 Å². The van der Waals surface area contributed by atoms with Gasteiger partial charge < -0.3 is 19.7 Å². The molecule has 0 amide bonds. The van der Waals surface area contributed by atoms with Gasteiger partial charge in [-0.3, -0.25) is 4.79 Å². The third-order valence-corrected chi connectivity index (χ3v) is 7.17. The number of aromatic nitrogens is 4. The topological polar surface area (TPSA) is 94.4 Å². The summed E-state index contributed by atoms with van der Waals surface area (Å²) in [7, 11) is 0. The molecular formula is C30H32N6O3. The lowest BCUT2D eigenvalue weighted by molar-refractivity contribution is -0.114. The Hall–Kier alpha value is -4.08. The molecule has 1 unspecified atom stereocenters. The first-order chi connectivity index (χ1) is 19.2. The number of ether oxygens (including phenoxy) is 2. The fraction of sp³-hybridized carbons (Fsp3) is 0.333. The van der Waals surface area contributed by atoms with Gasteiger partial charge >= 0.3 is 0 Å². The minimum absolute atomic E-state index is 0.0234. The van der Waals surface area contributed by atoms with Gasteiger partial charge in [0.15, 0.2) is 17.7 Å². The standard InChI is InChI=1S/C30H32N6O3/c1-2-25(37)18-21-7-5-8-22(17-21)28-26-20-31-36(27-11-3-4-14-39-27)29(26)34-30(33-28)32-23-9-6-10-24(19-23)35-12-15-38-16-13-35/h2,5-10,17,19-20,27H,1,3-4,11-16,18H2,(H,32,33,34). The maximum absolute atomic E-state index is 12.0. The third-order valence-electron chi connectivity index (χ3n) is 7.17. The van der Waals surface area contributed by atoms with Gasteiger partial charge in [-0.05, 0) is 55.2 Å². The fourth-order valence-corrected chi connectivity index (χ4v) is 5.16. The molecule has 9 nitrogen and oxygen atoms in total. The molecule has 39 heavy (non-hydrogen) atoms. The number of carbonyl (C=O) groups is 1. The van der Waals surface area contributed by atoms with Crippen LogP contribution < -0.4 is 10.2 Å². The zero-order chi connectivity index (χ0) is 26.6. The SMILES string of the molecule is C=CC(=O)Cc1cccc(-c2nc(Nc3cccc(N4CCOCC4)c3)nc3c2cnn3C2CCCCO2)c1. The smallest absolute Gasteiger partial charge is 0.229 e. The normalized spacial score (nSPS) is 17.7. The van der Waals surface area contributed by atoms with Crippen LogP contribution in [-0.2, 0) is 20.7 Å². The summed E-state index contributed by atoms with van der Waals surface area (Å²) in [5.74, 6) is 0.450. The van der Waals surface area contributed by atoms with Crippen LogP contribution in [0.4, 0.5) is 17.3 Å². The van der Waals surface area contributed by atoms with Gasteiger partial charge in [0.2, 0.25) is 5.95 Å². The lowest BCUT2D eigenvalue weighted by Crippen LogP contribution is -2.36. The first-order valence-electron chi connectivity index (χ1n) is 13.5. The average Bonchev–Trinajstić information content (AvgIpc) is 3.42. The van der Waals surface area contributed by atoms with E-state index in [4.69, 9.17) is 19.4 Å². The van der Waals surface area contributed by atoms with Gasteiger partial charge in [0.1, 0.15) is 0 Å². The molecule has 4 heterocycles. The van der Waals surface area contributed by atoms with Crippen LogP contribution in [-0.4, -0.2) is 58.4 Å². The van der Waals surface area contributed by atoms with Crippen LogP contribution in [0, 0.1) is 0 Å². The molecule has 200 valence electrons. The Kier molecular flexibility index (Phi) is 7.33. The third kappa shape index (κ3) is 5.55. The van der Waals surface area contributed by atoms with E-state index >= 15 is 0 Å². The van der Waals surface area contributed by atoms with E-state index in [1.54, 1.807) is 0 Å². The van der Waals surface area contributed by atoms with Crippen molar-refractivity contribution in [1.29, 1.82) is 0 Å². The number of nitrogens with one attached hydrogen (secondary N) is 1. The highest BCUT2D eigenvalue weighted by Crippen LogP contribution is 2.32. The van der Waals surface area contributed by atoms with Crippen LogP contribution in [0.2, 0.25) is 0 Å². The number of benzene rings is 2. The summed E-state index contributed by atoms with van der Waals surface area (Å²) in [6.07, 6.45) is 6.33. The van der Waals surface area contributed by atoms with Crippen molar-refractivity contribution in [3.63, 3.8) is 0 Å². The highest BCUT2D eigenvalue weighted by molar-refractivity contribution is 5.93. The van der Waals surface area contributed by atoms with Gasteiger partial charge in [0, 0.05) is 43.1 Å². The molecule has 2 aliphatic heterocycles. The van der Waals surface area contributed by atoms with E-state index in [2.05, 4.69) is 34.0 Å². The molecular weight excluding hydrogens is 492 g/mol. The molecule has 2 saturated heterocycles. The Balaban J connectivity index is 1.40. The molecule has 2 aliphatic rings. The van der Waals surface area contributed by atoms with Crippen molar-refractivity contribution < 1.29 is 14.3 Å². The summed E-state index contributed by atoms with van der Waals surface area (Å²) in [5.41, 5.74) is 5.29. The van der Waals surface area contributed by atoms with Gasteiger partial charge in [-0.25, -0.2) is 9.67 Å². The highest BCUT2D eigenvalue weighted by Gasteiger charge is 2.22. The zero-order valence-corrected chi connectivity index (χ0v) is 21.9. The number of nitrogens with zero attached hydrogens (tertiary/aromatic N) is 5. The summed E-state index contributed by atoms with van der Waals surface area (Å²) in [6, 6.07) is 16.2. The van der Waals surface area contributed by atoms with Crippen molar-refractivity contribution in [2.24, 2.45) is 0 Å². The number of fused-ring (bicyclic) bond motifs is 1. The van der Waals surface area contributed by atoms with Crippen LogP contribution in [0.3, 0.4) is 0 Å². The molecule has 9 heteroatoms. The quantitative estimate of drug-likeness (QED) is 0.319. The average molecular weight is 525 g/mol. The second kappa shape index (κ2) is 11.3. The minimum atomic E-state index is -0.159. The Bertz CT molecular complexity index is 1490. The summed E-state index contributed by atoms with van der Waals surface area (Å²) >= 11 is 0. The molecule has 0 bridgehead atoms. The lowest BCUT2D eigenvalue weighted by Gasteiger charge is -2.29. The molecule has 0 saturated carbocycles. The Labute approximate surface area is 227 Å². The van der Waals surface area contributed by atoms with Crippen LogP contribution in [0.15, 0.2) is 67.4 Å². The summed E-state index contributed by atoms with van der Waals surface area (Å²) in [6.45, 7) is 7.49. The maximum Gasteiger partial charge on any atom is 0.229 e. The van der Waals surface area contributed by atoms with Gasteiger partial charge in [-0.2, -0.15) is 10.1 Å². The van der Waals surface area contributed by atoms with E-state index in [1.165, 1.54) is 6.08 Å². The Morgan fingerprint density at radius 1 is 1.08 bits per heavy atom. The molecule has 0 aliphatic carbocycles. The Morgan fingerprint density at radius 2 is 1.95 bits per heavy atom. The van der Waals surface area contributed by atoms with Crippen molar-refractivity contribution in [3.05, 3.63) is 72.9 Å². The molecule has 6 rings (SSSR count). The first-order valence-corrected chi connectivity index (χ1v) is 13.5. The second-order valence-corrected chi connectivity index (χ2v) is 9.87. The van der Waals surface area contributed by atoms with E-state index < -0.39 is 0 Å². The molecule has 1 N–H and O–H groups in total. The number of ketones is 1. The highest BCUT2D eigenvalue weighted by atomic mass is 16.5. The number of rotatable bonds is 8. The summed E-state index contributed by atoms with van der Waals surface area (Å²) < 4.78 is 13.4. The fourth-order valence-electron chi connectivity index (χ4n) is 5.16. The van der Waals surface area contributed by atoms with E-state index in [1.807, 2.05) is 47.3 Å². The molecule has 0 radical (unpaired) electrons. The Morgan fingerprint density at radius 3 is 2.77 bits per heavy atom. The summed E-state index contributed by atoms with van der Waals surface area (Å²) in [4.78, 5) is 24.2. The van der Waals surface area contributed by atoms with Crippen LogP contribution in [0.1, 0.15) is 31.1 Å². The number of hydrogen-bond donors (Lipinski definition) is 1. The van der Waals surface area contributed by atoms with E-state index in [0.717, 1.165) is 79.1 Å². The van der Waals surface area contributed by atoms with Crippen LogP contribution in [0.25, 0.3) is 22.3 Å². The number of hydrogen-bond acceptors (Lipinski definition) is 8. The van der Waals surface area contributed by atoms with Crippen molar-refractivity contribution in [2.75, 3.05) is 43.1 Å². The number of anilines is 3. The van der Waals surface area contributed by atoms with Crippen molar-refractivity contribution in [2.45, 2.75) is 31.9 Å². The monoisotopic (exact) mass is 524 g/mol. The van der Waals surface area contributed by atoms with Crippen molar-refractivity contribution in [1.82, 2.24) is 19.7 Å². The molecule has 4 aromatic rings. The van der Waals surface area contributed by atoms with Crippen molar-refractivity contribution in [3.8, 4) is 11.3 Å². The maximum atomic E-state index is 12.0. The van der Waals surface area contributed by atoms with Gasteiger partial charge in [0.25, 0.3) is 0 Å². The minimum Gasteiger partial charge on any atom is -0.378 e. The van der Waals surface area contributed by atoms with E-state index in [-0.39, 0.29) is 12.0 Å². The summed E-state index contributed by atoms with van der Waals surface area (Å²) in [5, 5.41) is 8.96. The van der Waals surface area contributed by atoms with E-state index in [0.29, 0.717) is 24.6 Å².